The Hall–Kier alpha value is -2.12. The maximum atomic E-state index is 13.4. The predicted octanol–water partition coefficient (Wildman–Crippen LogP) is 5.26. The van der Waals surface area contributed by atoms with E-state index >= 15 is 0 Å². The van der Waals surface area contributed by atoms with Crippen molar-refractivity contribution in [3.8, 4) is 0 Å². The van der Waals surface area contributed by atoms with Gasteiger partial charge in [-0.15, -0.1) is 0 Å². The number of halogens is 4. The molecule has 0 saturated heterocycles. The van der Waals surface area contributed by atoms with E-state index in [0.29, 0.717) is 24.6 Å². The van der Waals surface area contributed by atoms with Gasteiger partial charge in [-0.05, 0) is 31.5 Å². The Labute approximate surface area is 162 Å². The lowest BCUT2D eigenvalue weighted by Gasteiger charge is -2.14. The summed E-state index contributed by atoms with van der Waals surface area (Å²) in [6.07, 6.45) is 2.63. The standard InChI is InChI=1S/C20H27F4NO3/c1-3-4-5-6-7-8-9-10-28-19(27)14(2)25-18(26)15-11-16(20(22,23)24)13-17(21)12-15/h11-14H,3-10H2,1-2H3,(H,25,26). The molecule has 1 aromatic carbocycles. The van der Waals surface area contributed by atoms with Gasteiger partial charge in [0.05, 0.1) is 12.2 Å². The Bertz CT molecular complexity index is 647. The van der Waals surface area contributed by atoms with Crippen LogP contribution in [0.3, 0.4) is 0 Å². The Kier molecular flexibility index (Phi) is 9.96. The smallest absolute Gasteiger partial charge is 0.416 e. The van der Waals surface area contributed by atoms with Crippen LogP contribution in [-0.2, 0) is 15.7 Å². The van der Waals surface area contributed by atoms with Crippen molar-refractivity contribution in [2.75, 3.05) is 6.61 Å². The van der Waals surface area contributed by atoms with Crippen molar-refractivity contribution in [1.82, 2.24) is 5.32 Å². The fourth-order valence-corrected chi connectivity index (χ4v) is 2.58. The third kappa shape index (κ3) is 8.71. The number of alkyl halides is 3. The van der Waals surface area contributed by atoms with Crippen molar-refractivity contribution in [2.45, 2.75) is 71.0 Å². The van der Waals surface area contributed by atoms with Crippen LogP contribution in [0.4, 0.5) is 17.6 Å². The molecule has 8 heteroatoms. The highest BCUT2D eigenvalue weighted by Gasteiger charge is 2.32. The van der Waals surface area contributed by atoms with Gasteiger partial charge in [0.15, 0.2) is 0 Å². The molecule has 0 aliphatic rings. The number of benzene rings is 1. The van der Waals surface area contributed by atoms with E-state index in [1.54, 1.807) is 0 Å². The number of hydrogen-bond donors (Lipinski definition) is 1. The summed E-state index contributed by atoms with van der Waals surface area (Å²) in [5.74, 6) is -2.86. The summed E-state index contributed by atoms with van der Waals surface area (Å²) in [4.78, 5) is 23.9. The molecule has 0 aliphatic heterocycles. The highest BCUT2D eigenvalue weighted by molar-refractivity contribution is 5.96. The Morgan fingerprint density at radius 2 is 1.64 bits per heavy atom. The van der Waals surface area contributed by atoms with E-state index in [9.17, 15) is 27.2 Å². The molecule has 0 aliphatic carbocycles. The van der Waals surface area contributed by atoms with Gasteiger partial charge in [0.1, 0.15) is 11.9 Å². The van der Waals surface area contributed by atoms with Gasteiger partial charge >= 0.3 is 12.1 Å². The molecule has 0 fully saturated rings. The highest BCUT2D eigenvalue weighted by atomic mass is 19.4. The first-order valence-corrected chi connectivity index (χ1v) is 9.50. The molecule has 1 aromatic rings. The van der Waals surface area contributed by atoms with Crippen LogP contribution in [-0.4, -0.2) is 24.5 Å². The number of amides is 1. The molecular weight excluding hydrogens is 378 g/mol. The zero-order chi connectivity index (χ0) is 21.2. The number of carbonyl (C=O) groups is 2. The summed E-state index contributed by atoms with van der Waals surface area (Å²) in [6, 6.07) is 0.460. The fourth-order valence-electron chi connectivity index (χ4n) is 2.58. The van der Waals surface area contributed by atoms with Gasteiger partial charge < -0.3 is 10.1 Å². The minimum atomic E-state index is -4.78. The number of esters is 1. The van der Waals surface area contributed by atoms with Gasteiger partial charge in [0.25, 0.3) is 5.91 Å². The van der Waals surface area contributed by atoms with Crippen LogP contribution in [0.15, 0.2) is 18.2 Å². The molecule has 1 atom stereocenters. The number of rotatable bonds is 11. The molecule has 1 N–H and O–H groups in total. The first-order valence-electron chi connectivity index (χ1n) is 9.50. The molecule has 0 aromatic heterocycles. The largest absolute Gasteiger partial charge is 0.464 e. The van der Waals surface area contributed by atoms with Crippen LogP contribution >= 0.6 is 0 Å². The van der Waals surface area contributed by atoms with Gasteiger partial charge in [-0.1, -0.05) is 45.4 Å². The van der Waals surface area contributed by atoms with E-state index in [4.69, 9.17) is 4.74 Å². The first-order chi connectivity index (χ1) is 13.1. The summed E-state index contributed by atoms with van der Waals surface area (Å²) in [5.41, 5.74) is -1.79. The van der Waals surface area contributed by atoms with E-state index in [0.717, 1.165) is 19.3 Å². The van der Waals surface area contributed by atoms with E-state index in [1.807, 2.05) is 0 Å². The summed E-state index contributed by atoms with van der Waals surface area (Å²) < 4.78 is 56.6. The first kappa shape index (κ1) is 23.9. The van der Waals surface area contributed by atoms with Gasteiger partial charge in [0, 0.05) is 5.56 Å². The van der Waals surface area contributed by atoms with Gasteiger partial charge in [-0.25, -0.2) is 9.18 Å². The second-order valence-electron chi connectivity index (χ2n) is 6.71. The second-order valence-corrected chi connectivity index (χ2v) is 6.71. The topological polar surface area (TPSA) is 55.4 Å². The molecule has 158 valence electrons. The van der Waals surface area contributed by atoms with E-state index in [-0.39, 0.29) is 6.61 Å². The fraction of sp³-hybridized carbons (Fsp3) is 0.600. The van der Waals surface area contributed by atoms with Crippen molar-refractivity contribution in [3.63, 3.8) is 0 Å². The number of hydrogen-bond acceptors (Lipinski definition) is 3. The normalized spacial score (nSPS) is 12.5. The lowest BCUT2D eigenvalue weighted by atomic mass is 10.1. The number of ether oxygens (including phenoxy) is 1. The molecule has 0 radical (unpaired) electrons. The average Bonchev–Trinajstić information content (AvgIpc) is 2.62. The molecule has 0 spiro atoms. The molecule has 1 unspecified atom stereocenters. The molecule has 28 heavy (non-hydrogen) atoms. The molecule has 0 heterocycles. The van der Waals surface area contributed by atoms with Crippen molar-refractivity contribution in [1.29, 1.82) is 0 Å². The van der Waals surface area contributed by atoms with Crippen LogP contribution in [0.5, 0.6) is 0 Å². The van der Waals surface area contributed by atoms with Crippen LogP contribution < -0.4 is 5.32 Å². The molecular formula is C20H27F4NO3. The van der Waals surface area contributed by atoms with E-state index < -0.39 is 41.0 Å². The second kappa shape index (κ2) is 11.7. The zero-order valence-electron chi connectivity index (χ0n) is 16.2. The lowest BCUT2D eigenvalue weighted by Crippen LogP contribution is -2.39. The van der Waals surface area contributed by atoms with Gasteiger partial charge in [-0.3, -0.25) is 4.79 Å². The third-order valence-electron chi connectivity index (χ3n) is 4.18. The van der Waals surface area contributed by atoms with Crippen molar-refractivity contribution in [3.05, 3.63) is 35.1 Å². The highest BCUT2D eigenvalue weighted by Crippen LogP contribution is 2.30. The van der Waals surface area contributed by atoms with Crippen molar-refractivity contribution < 1.29 is 31.9 Å². The van der Waals surface area contributed by atoms with Crippen LogP contribution in [0.25, 0.3) is 0 Å². The quantitative estimate of drug-likeness (QED) is 0.311. The predicted molar refractivity (Wildman–Crippen MR) is 97.3 cm³/mol. The lowest BCUT2D eigenvalue weighted by molar-refractivity contribution is -0.145. The van der Waals surface area contributed by atoms with Gasteiger partial charge in [0.2, 0.25) is 0 Å². The van der Waals surface area contributed by atoms with Crippen LogP contribution in [0.1, 0.15) is 74.7 Å². The summed E-state index contributed by atoms with van der Waals surface area (Å²) in [5, 5.41) is 2.23. The monoisotopic (exact) mass is 405 g/mol. The third-order valence-corrected chi connectivity index (χ3v) is 4.18. The molecule has 4 nitrogen and oxygen atoms in total. The Morgan fingerprint density at radius 1 is 1.04 bits per heavy atom. The average molecular weight is 405 g/mol. The van der Waals surface area contributed by atoms with E-state index in [1.165, 1.54) is 26.2 Å². The van der Waals surface area contributed by atoms with Crippen LogP contribution in [0, 0.1) is 5.82 Å². The minimum Gasteiger partial charge on any atom is -0.464 e. The van der Waals surface area contributed by atoms with E-state index in [2.05, 4.69) is 12.2 Å². The summed E-state index contributed by atoms with van der Waals surface area (Å²) in [7, 11) is 0. The van der Waals surface area contributed by atoms with Gasteiger partial charge in [-0.2, -0.15) is 13.2 Å². The van der Waals surface area contributed by atoms with Crippen molar-refractivity contribution in [2.24, 2.45) is 0 Å². The number of nitrogens with one attached hydrogen (secondary N) is 1. The maximum absolute atomic E-state index is 13.4. The minimum absolute atomic E-state index is 0.213. The summed E-state index contributed by atoms with van der Waals surface area (Å²) >= 11 is 0. The Balaban J connectivity index is 2.43. The SMILES string of the molecule is CCCCCCCCCOC(=O)C(C)NC(=O)c1cc(F)cc(C(F)(F)F)c1. The maximum Gasteiger partial charge on any atom is 0.416 e. The molecule has 1 rings (SSSR count). The van der Waals surface area contributed by atoms with Crippen molar-refractivity contribution >= 4 is 11.9 Å². The number of unbranched alkanes of at least 4 members (excludes halogenated alkanes) is 6. The Morgan fingerprint density at radius 3 is 2.25 bits per heavy atom. The van der Waals surface area contributed by atoms with Crippen LogP contribution in [0.2, 0.25) is 0 Å². The molecule has 1 amide bonds. The molecule has 0 saturated carbocycles. The number of carbonyl (C=O) groups excluding carboxylic acids is 2. The summed E-state index contributed by atoms with van der Waals surface area (Å²) in [6.45, 7) is 3.71. The molecule has 0 bridgehead atoms. The zero-order valence-corrected chi connectivity index (χ0v) is 16.2.